The van der Waals surface area contributed by atoms with Gasteiger partial charge in [0.1, 0.15) is 11.7 Å². The number of anilines is 1. The molecule has 0 atom stereocenters. The predicted octanol–water partition coefficient (Wildman–Crippen LogP) is 4.28. The number of nitriles is 1. The van der Waals surface area contributed by atoms with Crippen molar-refractivity contribution in [2.24, 2.45) is 9.98 Å². The summed E-state index contributed by atoms with van der Waals surface area (Å²) in [5, 5.41) is 19.6. The van der Waals surface area contributed by atoms with Crippen molar-refractivity contribution in [3.63, 3.8) is 0 Å². The van der Waals surface area contributed by atoms with Crippen LogP contribution in [-0.4, -0.2) is 77.0 Å². The lowest BCUT2D eigenvalue weighted by Gasteiger charge is -2.35. The SMILES string of the molecule is C=N/C(=C\C(=N/COc1cc(F)c2[nH]c(C)cc2c1F)N1CCN(CCC#N)CC1)Nc1cc(C2CC2)[nH]n1. The van der Waals surface area contributed by atoms with E-state index in [1.807, 2.05) is 6.07 Å². The van der Waals surface area contributed by atoms with Crippen LogP contribution in [0.5, 0.6) is 5.75 Å². The highest BCUT2D eigenvalue weighted by atomic mass is 19.1. The molecular formula is C27H31F2N9O. The third-order valence-corrected chi connectivity index (χ3v) is 6.89. The van der Waals surface area contributed by atoms with Crippen molar-refractivity contribution >= 4 is 29.3 Å². The first kappa shape index (κ1) is 26.4. The summed E-state index contributed by atoms with van der Waals surface area (Å²) in [6.07, 6.45) is 4.52. The topological polar surface area (TPSA) is 121 Å². The quantitative estimate of drug-likeness (QED) is 0.263. The number of H-pyrrole nitrogens is 2. The predicted molar refractivity (Wildman–Crippen MR) is 146 cm³/mol. The second-order valence-electron chi connectivity index (χ2n) is 9.73. The minimum absolute atomic E-state index is 0.106. The molecule has 1 aromatic carbocycles. The maximum atomic E-state index is 15.0. The van der Waals surface area contributed by atoms with E-state index in [4.69, 9.17) is 10.00 Å². The van der Waals surface area contributed by atoms with E-state index in [0.29, 0.717) is 55.1 Å². The van der Waals surface area contributed by atoms with E-state index in [1.165, 1.54) is 0 Å². The van der Waals surface area contributed by atoms with Gasteiger partial charge in [-0.05, 0) is 32.5 Å². The van der Waals surface area contributed by atoms with E-state index in [0.717, 1.165) is 37.7 Å². The summed E-state index contributed by atoms with van der Waals surface area (Å²) in [5.41, 5.74) is 1.84. The number of aliphatic imine (C=N–C) groups is 2. The fourth-order valence-electron chi connectivity index (χ4n) is 4.63. The molecule has 1 saturated carbocycles. The van der Waals surface area contributed by atoms with Gasteiger partial charge >= 0.3 is 0 Å². The zero-order valence-corrected chi connectivity index (χ0v) is 21.8. The summed E-state index contributed by atoms with van der Waals surface area (Å²) < 4.78 is 35.1. The van der Waals surface area contributed by atoms with Crippen molar-refractivity contribution in [3.8, 4) is 11.8 Å². The molecule has 0 unspecified atom stereocenters. The minimum Gasteiger partial charge on any atom is -0.468 e. The van der Waals surface area contributed by atoms with Crippen molar-refractivity contribution in [2.45, 2.75) is 32.1 Å². The van der Waals surface area contributed by atoms with Crippen LogP contribution in [0.1, 0.15) is 36.6 Å². The molecule has 204 valence electrons. The number of nitrogens with zero attached hydrogens (tertiary/aromatic N) is 6. The summed E-state index contributed by atoms with van der Waals surface area (Å²) in [5.74, 6) is 0.701. The monoisotopic (exact) mass is 535 g/mol. The number of rotatable bonds is 10. The number of aryl methyl sites for hydroxylation is 1. The highest BCUT2D eigenvalue weighted by Gasteiger charge is 2.26. The van der Waals surface area contributed by atoms with E-state index in [-0.39, 0.29) is 23.4 Å². The van der Waals surface area contributed by atoms with Crippen LogP contribution < -0.4 is 10.1 Å². The normalized spacial score (nSPS) is 16.9. The number of hydrogen-bond acceptors (Lipinski definition) is 7. The Labute approximate surface area is 225 Å². The molecule has 3 heterocycles. The van der Waals surface area contributed by atoms with Crippen LogP contribution in [0.25, 0.3) is 10.9 Å². The average Bonchev–Trinajstić information content (AvgIpc) is 3.55. The van der Waals surface area contributed by atoms with Crippen LogP contribution in [0.4, 0.5) is 14.6 Å². The molecule has 12 heteroatoms. The Hall–Kier alpha value is -4.24. The molecule has 1 aliphatic heterocycles. The number of nitrogens with one attached hydrogen (secondary N) is 3. The van der Waals surface area contributed by atoms with Crippen LogP contribution in [0.2, 0.25) is 0 Å². The van der Waals surface area contributed by atoms with Gasteiger partial charge < -0.3 is 19.9 Å². The average molecular weight is 536 g/mol. The van der Waals surface area contributed by atoms with Crippen LogP contribution in [0.15, 0.2) is 40.1 Å². The molecule has 3 N–H and O–H groups in total. The highest BCUT2D eigenvalue weighted by Crippen LogP contribution is 2.39. The molecule has 2 aromatic heterocycles. The Morgan fingerprint density at radius 3 is 2.79 bits per heavy atom. The van der Waals surface area contributed by atoms with Crippen molar-refractivity contribution in [1.29, 1.82) is 5.26 Å². The highest BCUT2D eigenvalue weighted by molar-refractivity contribution is 5.94. The fraction of sp³-hybridized carbons (Fsp3) is 0.407. The van der Waals surface area contributed by atoms with Gasteiger partial charge in [-0.3, -0.25) is 10.00 Å². The van der Waals surface area contributed by atoms with Gasteiger partial charge in [-0.15, -0.1) is 0 Å². The number of aromatic amines is 2. The lowest BCUT2D eigenvalue weighted by Crippen LogP contribution is -2.48. The molecule has 3 aromatic rings. The Morgan fingerprint density at radius 2 is 2.08 bits per heavy atom. The van der Waals surface area contributed by atoms with Crippen molar-refractivity contribution < 1.29 is 13.5 Å². The van der Waals surface area contributed by atoms with Gasteiger partial charge in [-0.2, -0.15) is 10.4 Å². The number of benzene rings is 1. The molecule has 39 heavy (non-hydrogen) atoms. The Balaban J connectivity index is 1.35. The fourth-order valence-corrected chi connectivity index (χ4v) is 4.63. The van der Waals surface area contributed by atoms with Crippen LogP contribution in [-0.2, 0) is 0 Å². The Bertz CT molecular complexity index is 1440. The molecule has 0 spiro atoms. The van der Waals surface area contributed by atoms with Gasteiger partial charge in [0, 0.05) is 80.0 Å². The molecule has 0 bridgehead atoms. The summed E-state index contributed by atoms with van der Waals surface area (Å²) in [4.78, 5) is 15.8. The number of hydrogen-bond donors (Lipinski definition) is 3. The van der Waals surface area contributed by atoms with Gasteiger partial charge in [0.2, 0.25) is 0 Å². The first-order chi connectivity index (χ1) is 18.9. The number of halogens is 2. The van der Waals surface area contributed by atoms with Crippen LogP contribution >= 0.6 is 0 Å². The number of ether oxygens (including phenoxy) is 1. The number of fused-ring (bicyclic) bond motifs is 1. The van der Waals surface area contributed by atoms with Crippen molar-refractivity contribution in [1.82, 2.24) is 25.0 Å². The zero-order chi connectivity index (χ0) is 27.4. The zero-order valence-electron chi connectivity index (χ0n) is 21.8. The van der Waals surface area contributed by atoms with Crippen molar-refractivity contribution in [2.75, 3.05) is 44.8 Å². The van der Waals surface area contributed by atoms with E-state index in [1.54, 1.807) is 19.1 Å². The lowest BCUT2D eigenvalue weighted by atomic mass is 10.2. The smallest absolute Gasteiger partial charge is 0.181 e. The summed E-state index contributed by atoms with van der Waals surface area (Å²) in [6, 6.07) is 6.71. The number of piperazine rings is 1. The molecule has 0 amide bonds. The Morgan fingerprint density at radius 1 is 1.28 bits per heavy atom. The number of amidine groups is 1. The molecule has 0 radical (unpaired) electrons. The molecule has 5 rings (SSSR count). The van der Waals surface area contributed by atoms with Gasteiger partial charge in [-0.25, -0.2) is 18.8 Å². The minimum atomic E-state index is -0.644. The maximum Gasteiger partial charge on any atom is 0.181 e. The van der Waals surface area contributed by atoms with E-state index < -0.39 is 11.6 Å². The van der Waals surface area contributed by atoms with E-state index >= 15 is 4.39 Å². The van der Waals surface area contributed by atoms with Crippen molar-refractivity contribution in [3.05, 3.63) is 53.1 Å². The number of aromatic nitrogens is 3. The largest absolute Gasteiger partial charge is 0.468 e. The van der Waals surface area contributed by atoms with Crippen LogP contribution in [0, 0.1) is 29.9 Å². The van der Waals surface area contributed by atoms with E-state index in [2.05, 4.69) is 53.1 Å². The second kappa shape index (κ2) is 11.7. The van der Waals surface area contributed by atoms with Gasteiger partial charge in [-0.1, -0.05) is 0 Å². The summed E-state index contributed by atoms with van der Waals surface area (Å²) in [6.45, 7) is 8.74. The summed E-state index contributed by atoms with van der Waals surface area (Å²) in [7, 11) is 0. The molecule has 1 saturated heterocycles. The first-order valence-electron chi connectivity index (χ1n) is 12.9. The molecule has 10 nitrogen and oxygen atoms in total. The molecule has 2 fully saturated rings. The molecular weight excluding hydrogens is 504 g/mol. The molecule has 2 aliphatic rings. The van der Waals surface area contributed by atoms with E-state index in [9.17, 15) is 4.39 Å². The van der Waals surface area contributed by atoms with Gasteiger partial charge in [0.05, 0.1) is 11.6 Å². The molecule has 1 aliphatic carbocycles. The third-order valence-electron chi connectivity index (χ3n) is 6.89. The maximum absolute atomic E-state index is 15.0. The Kier molecular flexibility index (Phi) is 7.88. The second-order valence-corrected chi connectivity index (χ2v) is 9.73. The lowest BCUT2D eigenvalue weighted by molar-refractivity contribution is 0.185. The third kappa shape index (κ3) is 6.26. The standard InChI is InChI=1S/C27H31F2N9O/c1-17-12-19-26(29)22(13-20(28)27(19)33-17)39-16-32-25(38-10-8-37(9-11-38)7-3-6-30)15-23(31-2)34-24-14-21(35-36-24)18-4-5-18/h12-15,18,33H,2-5,7-11,16H2,1H3,(H2,34,35,36)/b23-15+,32-25+. The van der Waals surface area contributed by atoms with Gasteiger partial charge in [0.15, 0.2) is 29.9 Å². The van der Waals surface area contributed by atoms with Gasteiger partial charge in [0.25, 0.3) is 0 Å². The summed E-state index contributed by atoms with van der Waals surface area (Å²) >= 11 is 0. The first-order valence-corrected chi connectivity index (χ1v) is 12.9. The van der Waals surface area contributed by atoms with Crippen LogP contribution in [0.3, 0.4) is 0 Å².